The number of hydrogen-bond acceptors (Lipinski definition) is 2. The Morgan fingerprint density at radius 1 is 1.33 bits per heavy atom. The van der Waals surface area contributed by atoms with Crippen molar-refractivity contribution in [3.8, 4) is 0 Å². The van der Waals surface area contributed by atoms with Gasteiger partial charge in [0.25, 0.3) is 0 Å². The van der Waals surface area contributed by atoms with Gasteiger partial charge >= 0.3 is 0 Å². The molecule has 1 aliphatic rings. The van der Waals surface area contributed by atoms with Gasteiger partial charge in [-0.15, -0.1) is 0 Å². The number of nitrogens with two attached hydrogens (primary N) is 1. The Morgan fingerprint density at radius 3 is 2.53 bits per heavy atom. The van der Waals surface area contributed by atoms with Crippen molar-refractivity contribution in [2.45, 2.75) is 63.8 Å². The molecular weight excluding hydrogens is 188 g/mol. The molecule has 1 rings (SSSR count). The number of nitrogens with one attached hydrogen (secondary N) is 1. The molecule has 0 heterocycles. The largest absolute Gasteiger partial charge is 0.350 e. The van der Waals surface area contributed by atoms with E-state index < -0.39 is 0 Å². The Bertz CT molecular complexity index is 198. The minimum Gasteiger partial charge on any atom is -0.350 e. The maximum Gasteiger partial charge on any atom is 0.234 e. The van der Waals surface area contributed by atoms with Crippen molar-refractivity contribution in [1.82, 2.24) is 5.32 Å². The average Bonchev–Trinajstić information content (AvgIpc) is 2.27. The van der Waals surface area contributed by atoms with Crippen LogP contribution in [-0.4, -0.2) is 18.0 Å². The van der Waals surface area contributed by atoms with E-state index in [2.05, 4.69) is 12.2 Å². The van der Waals surface area contributed by atoms with Crippen LogP contribution in [-0.2, 0) is 4.79 Å². The van der Waals surface area contributed by atoms with E-state index in [1.807, 2.05) is 0 Å². The van der Waals surface area contributed by atoms with Gasteiger partial charge in [0.1, 0.15) is 0 Å². The van der Waals surface area contributed by atoms with Crippen LogP contribution in [0.25, 0.3) is 0 Å². The Morgan fingerprint density at radius 2 is 2.00 bits per heavy atom. The molecule has 0 aromatic heterocycles. The fourth-order valence-corrected chi connectivity index (χ4v) is 2.53. The summed E-state index contributed by atoms with van der Waals surface area (Å²) in [7, 11) is 0. The highest BCUT2D eigenvalue weighted by Gasteiger charge is 2.32. The fourth-order valence-electron chi connectivity index (χ4n) is 2.53. The Balaban J connectivity index is 2.53. The molecule has 0 aromatic rings. The zero-order valence-corrected chi connectivity index (χ0v) is 9.85. The van der Waals surface area contributed by atoms with Crippen molar-refractivity contribution < 1.29 is 4.79 Å². The molecule has 1 fully saturated rings. The summed E-state index contributed by atoms with van der Waals surface area (Å²) in [6, 6.07) is 0. The molecule has 0 aromatic carbocycles. The smallest absolute Gasteiger partial charge is 0.234 e. The van der Waals surface area contributed by atoms with E-state index in [0.29, 0.717) is 0 Å². The Hall–Kier alpha value is -0.570. The van der Waals surface area contributed by atoms with E-state index >= 15 is 0 Å². The molecular formula is C12H24N2O. The van der Waals surface area contributed by atoms with Crippen molar-refractivity contribution in [3.05, 3.63) is 0 Å². The predicted molar refractivity (Wildman–Crippen MR) is 62.5 cm³/mol. The summed E-state index contributed by atoms with van der Waals surface area (Å²) in [5.41, 5.74) is 5.44. The molecule has 15 heavy (non-hydrogen) atoms. The summed E-state index contributed by atoms with van der Waals surface area (Å²) in [5.74, 6) is 0.00741. The van der Waals surface area contributed by atoms with Crippen molar-refractivity contribution in [2.75, 3.05) is 6.54 Å². The van der Waals surface area contributed by atoms with Crippen LogP contribution in [0, 0.1) is 0 Å². The molecule has 1 saturated carbocycles. The molecule has 1 amide bonds. The van der Waals surface area contributed by atoms with Gasteiger partial charge < -0.3 is 11.1 Å². The molecule has 3 N–H and O–H groups in total. The predicted octanol–water partition coefficient (Wildman–Crippen LogP) is 1.95. The fraction of sp³-hybridized carbons (Fsp3) is 0.917. The highest BCUT2D eigenvalue weighted by atomic mass is 16.2. The van der Waals surface area contributed by atoms with E-state index in [0.717, 1.165) is 19.3 Å². The monoisotopic (exact) mass is 212 g/mol. The van der Waals surface area contributed by atoms with Crippen LogP contribution < -0.4 is 11.1 Å². The number of carbonyl (C=O) groups is 1. The van der Waals surface area contributed by atoms with Crippen LogP contribution in [0.15, 0.2) is 0 Å². The maximum atomic E-state index is 11.4. The number of amides is 1. The Kier molecular flexibility index (Phi) is 5.09. The van der Waals surface area contributed by atoms with Gasteiger partial charge in [-0.25, -0.2) is 0 Å². The number of rotatable bonds is 5. The van der Waals surface area contributed by atoms with Gasteiger partial charge in [-0.3, -0.25) is 4.79 Å². The van der Waals surface area contributed by atoms with Crippen molar-refractivity contribution in [2.24, 2.45) is 5.73 Å². The van der Waals surface area contributed by atoms with E-state index in [4.69, 9.17) is 5.73 Å². The maximum absolute atomic E-state index is 11.4. The van der Waals surface area contributed by atoms with E-state index in [-0.39, 0.29) is 18.0 Å². The van der Waals surface area contributed by atoms with Gasteiger partial charge in [0.05, 0.1) is 6.54 Å². The second kappa shape index (κ2) is 6.11. The minimum atomic E-state index is 0.00741. The summed E-state index contributed by atoms with van der Waals surface area (Å²) < 4.78 is 0. The first-order valence-electron chi connectivity index (χ1n) is 6.23. The third-order valence-corrected chi connectivity index (χ3v) is 3.41. The first-order chi connectivity index (χ1) is 7.22. The van der Waals surface area contributed by atoms with Gasteiger partial charge in [0.15, 0.2) is 0 Å². The lowest BCUT2D eigenvalue weighted by atomic mass is 9.78. The number of carbonyl (C=O) groups excluding carboxylic acids is 1. The normalized spacial score (nSPS) is 19.9. The quantitative estimate of drug-likeness (QED) is 0.732. The highest BCUT2D eigenvalue weighted by Crippen LogP contribution is 2.32. The van der Waals surface area contributed by atoms with Crippen LogP contribution in [0.1, 0.15) is 58.3 Å². The zero-order valence-electron chi connectivity index (χ0n) is 9.85. The molecule has 88 valence electrons. The SMILES string of the molecule is CCCCC1(NC(=O)CN)CCCCC1. The average molecular weight is 212 g/mol. The summed E-state index contributed by atoms with van der Waals surface area (Å²) in [6.45, 7) is 2.31. The molecule has 0 spiro atoms. The molecule has 0 saturated heterocycles. The van der Waals surface area contributed by atoms with Crippen LogP contribution >= 0.6 is 0 Å². The zero-order chi connectivity index (χ0) is 11.1. The van der Waals surface area contributed by atoms with Crippen molar-refractivity contribution >= 4 is 5.91 Å². The lowest BCUT2D eigenvalue weighted by Crippen LogP contribution is -2.51. The van der Waals surface area contributed by atoms with Crippen LogP contribution in [0.5, 0.6) is 0 Å². The Labute approximate surface area is 92.8 Å². The van der Waals surface area contributed by atoms with Gasteiger partial charge in [0.2, 0.25) is 5.91 Å². The molecule has 0 bridgehead atoms. The molecule has 0 radical (unpaired) electrons. The first-order valence-corrected chi connectivity index (χ1v) is 6.23. The standard InChI is InChI=1S/C12H24N2O/c1-2-3-7-12(14-11(15)10-13)8-5-4-6-9-12/h2-10,13H2,1H3,(H,14,15). The number of unbranched alkanes of at least 4 members (excludes halogenated alkanes) is 1. The van der Waals surface area contributed by atoms with Crippen LogP contribution in [0.2, 0.25) is 0 Å². The van der Waals surface area contributed by atoms with Crippen LogP contribution in [0.3, 0.4) is 0 Å². The van der Waals surface area contributed by atoms with E-state index in [1.165, 1.54) is 32.1 Å². The lowest BCUT2D eigenvalue weighted by molar-refractivity contribution is -0.122. The van der Waals surface area contributed by atoms with Gasteiger partial charge in [-0.2, -0.15) is 0 Å². The van der Waals surface area contributed by atoms with Crippen LogP contribution in [0.4, 0.5) is 0 Å². The van der Waals surface area contributed by atoms with Crippen molar-refractivity contribution in [1.29, 1.82) is 0 Å². The molecule has 0 unspecified atom stereocenters. The summed E-state index contributed by atoms with van der Waals surface area (Å²) >= 11 is 0. The van der Waals surface area contributed by atoms with E-state index in [9.17, 15) is 4.79 Å². The molecule has 0 atom stereocenters. The molecule has 3 nitrogen and oxygen atoms in total. The minimum absolute atomic E-state index is 0.00741. The summed E-state index contributed by atoms with van der Waals surface area (Å²) in [6.07, 6.45) is 9.59. The van der Waals surface area contributed by atoms with Gasteiger partial charge in [-0.1, -0.05) is 39.0 Å². The highest BCUT2D eigenvalue weighted by molar-refractivity contribution is 5.78. The lowest BCUT2D eigenvalue weighted by Gasteiger charge is -2.38. The molecule has 3 heteroatoms. The second-order valence-electron chi connectivity index (χ2n) is 4.70. The molecule has 1 aliphatic carbocycles. The summed E-state index contributed by atoms with van der Waals surface area (Å²) in [5, 5.41) is 3.15. The first kappa shape index (κ1) is 12.5. The number of hydrogen-bond donors (Lipinski definition) is 2. The third kappa shape index (κ3) is 3.82. The topological polar surface area (TPSA) is 55.1 Å². The van der Waals surface area contributed by atoms with Gasteiger partial charge in [0, 0.05) is 5.54 Å². The van der Waals surface area contributed by atoms with Gasteiger partial charge in [-0.05, 0) is 19.3 Å². The molecule has 0 aliphatic heterocycles. The van der Waals surface area contributed by atoms with E-state index in [1.54, 1.807) is 0 Å². The van der Waals surface area contributed by atoms with Crippen molar-refractivity contribution in [3.63, 3.8) is 0 Å². The third-order valence-electron chi connectivity index (χ3n) is 3.41. The second-order valence-corrected chi connectivity index (χ2v) is 4.70. The summed E-state index contributed by atoms with van der Waals surface area (Å²) in [4.78, 5) is 11.4.